The van der Waals surface area contributed by atoms with Gasteiger partial charge in [0.15, 0.2) is 0 Å². The summed E-state index contributed by atoms with van der Waals surface area (Å²) in [7, 11) is 0. The van der Waals surface area contributed by atoms with E-state index >= 15 is 0 Å². The number of aryl methyl sites for hydroxylation is 1. The van der Waals surface area contributed by atoms with Gasteiger partial charge in [0.25, 0.3) is 0 Å². The number of allylic oxidation sites excluding steroid dienone is 6. The molecule has 3 nitrogen and oxygen atoms in total. The molecular weight excluding hydrogens is 344 g/mol. The second kappa shape index (κ2) is 19.8. The zero-order valence-corrected chi connectivity index (χ0v) is 20.1. The van der Waals surface area contributed by atoms with Crippen molar-refractivity contribution < 1.29 is 6.90 Å². The standard InChI is InChI=1S/C21H28.2C2H6.2H3N.H2O.H2/c1-8-18(14-17(4)21(5,6)7)15-19(9-2)20-12-10-11-16(3)13-20;2*1-2;;;;/h8-13,15H,2,4,14H2,1,3,5-7H3;2*1-2H3;2*1H3;1H2;1H/b18-8+,19-15+;;;;;;. The molecule has 0 fully saturated rings. The summed E-state index contributed by atoms with van der Waals surface area (Å²) in [5, 5.41) is 0. The van der Waals surface area contributed by atoms with Crippen molar-refractivity contribution in [2.75, 3.05) is 0 Å². The first kappa shape index (κ1) is 36.9. The fraction of sp³-hybridized carbons (Fsp3) is 0.440. The third-order valence-corrected chi connectivity index (χ3v) is 3.76. The highest BCUT2D eigenvalue weighted by molar-refractivity contribution is 5.76. The minimum atomic E-state index is 0. The highest BCUT2D eigenvalue weighted by atomic mass is 16.0. The molecule has 3 heteroatoms. The maximum atomic E-state index is 4.24. The molecule has 1 aromatic rings. The van der Waals surface area contributed by atoms with Gasteiger partial charge in [0.2, 0.25) is 0 Å². The minimum absolute atomic E-state index is 0. The van der Waals surface area contributed by atoms with Gasteiger partial charge in [-0.2, -0.15) is 0 Å². The average Bonchev–Trinajstić information content (AvgIpc) is 2.61. The van der Waals surface area contributed by atoms with Gasteiger partial charge in [0.05, 0.1) is 0 Å². The van der Waals surface area contributed by atoms with E-state index in [-0.39, 0.29) is 24.6 Å². The summed E-state index contributed by atoms with van der Waals surface area (Å²) < 4.78 is 0. The number of benzene rings is 1. The summed E-state index contributed by atoms with van der Waals surface area (Å²) in [6.07, 6.45) is 7.22. The van der Waals surface area contributed by atoms with Crippen LogP contribution in [0.1, 0.15) is 74.4 Å². The number of hydrogen-bond acceptors (Lipinski definition) is 2. The van der Waals surface area contributed by atoms with Crippen molar-refractivity contribution >= 4 is 5.57 Å². The van der Waals surface area contributed by atoms with Crippen molar-refractivity contribution in [3.05, 3.63) is 77.9 Å². The Morgan fingerprint density at radius 1 is 1.07 bits per heavy atom. The fourth-order valence-electron chi connectivity index (χ4n) is 2.03. The van der Waals surface area contributed by atoms with Gasteiger partial charge >= 0.3 is 0 Å². The SMILES string of the molecule is C=C/C(=C\C(=C\C)CC(=C)C(C)(C)C)c1cccc(C)c1.CC.CC.N.N.O.[HH]. The lowest BCUT2D eigenvalue weighted by atomic mass is 9.83. The van der Waals surface area contributed by atoms with E-state index in [1.165, 1.54) is 22.3 Å². The molecule has 166 valence electrons. The van der Waals surface area contributed by atoms with Crippen molar-refractivity contribution in [3.8, 4) is 0 Å². The van der Waals surface area contributed by atoms with Crippen molar-refractivity contribution in [1.82, 2.24) is 12.3 Å². The van der Waals surface area contributed by atoms with E-state index in [0.717, 1.165) is 12.0 Å². The summed E-state index contributed by atoms with van der Waals surface area (Å²) in [5.41, 5.74) is 6.31. The summed E-state index contributed by atoms with van der Waals surface area (Å²) in [4.78, 5) is 0. The van der Waals surface area contributed by atoms with Crippen molar-refractivity contribution in [2.45, 2.75) is 68.7 Å². The Balaban J connectivity index is -0.000000155. The highest BCUT2D eigenvalue weighted by Crippen LogP contribution is 2.30. The molecule has 8 N–H and O–H groups in total. The summed E-state index contributed by atoms with van der Waals surface area (Å²) >= 11 is 0. The van der Waals surface area contributed by atoms with E-state index in [1.807, 2.05) is 33.8 Å². The molecule has 0 saturated carbocycles. The van der Waals surface area contributed by atoms with Crippen molar-refractivity contribution in [1.29, 1.82) is 0 Å². The molecule has 0 amide bonds. The van der Waals surface area contributed by atoms with Gasteiger partial charge in [-0.05, 0) is 42.4 Å². The quantitative estimate of drug-likeness (QED) is 0.387. The largest absolute Gasteiger partial charge is 0.412 e. The third kappa shape index (κ3) is 14.2. The molecule has 0 aromatic heterocycles. The predicted molar refractivity (Wildman–Crippen MR) is 135 cm³/mol. The molecule has 0 atom stereocenters. The van der Waals surface area contributed by atoms with Crippen LogP contribution in [-0.4, -0.2) is 5.48 Å². The Bertz CT molecular complexity index is 597. The zero-order valence-electron chi connectivity index (χ0n) is 20.1. The van der Waals surface area contributed by atoms with Gasteiger partial charge in [-0.1, -0.05) is 115 Å². The number of hydrogen-bond donors (Lipinski definition) is 2. The van der Waals surface area contributed by atoms with E-state index < -0.39 is 0 Å². The molecule has 0 spiro atoms. The molecule has 28 heavy (non-hydrogen) atoms. The van der Waals surface area contributed by atoms with Gasteiger partial charge in [-0.25, -0.2) is 0 Å². The lowest BCUT2D eigenvalue weighted by Crippen LogP contribution is -2.08. The van der Waals surface area contributed by atoms with Crippen LogP contribution in [0.4, 0.5) is 0 Å². The second-order valence-electron chi connectivity index (χ2n) is 6.57. The Labute approximate surface area is 177 Å². The van der Waals surface area contributed by atoms with Crippen LogP contribution in [0.3, 0.4) is 0 Å². The summed E-state index contributed by atoms with van der Waals surface area (Å²) in [6.45, 7) is 27.0. The van der Waals surface area contributed by atoms with Gasteiger partial charge in [0.1, 0.15) is 0 Å². The van der Waals surface area contributed by atoms with E-state index in [2.05, 4.69) is 84.2 Å². The first-order chi connectivity index (χ1) is 11.8. The van der Waals surface area contributed by atoms with Crippen LogP contribution in [-0.2, 0) is 0 Å². The molecule has 0 bridgehead atoms. The van der Waals surface area contributed by atoms with Crippen LogP contribution >= 0.6 is 0 Å². The first-order valence-corrected chi connectivity index (χ1v) is 9.52. The van der Waals surface area contributed by atoms with Crippen LogP contribution in [0, 0.1) is 12.3 Å². The number of rotatable bonds is 5. The molecule has 0 heterocycles. The molecule has 1 rings (SSSR count). The molecule has 0 radical (unpaired) electrons. The Hall–Kier alpha value is -1.94. The minimum Gasteiger partial charge on any atom is -0.412 e. The lowest BCUT2D eigenvalue weighted by Gasteiger charge is -2.22. The van der Waals surface area contributed by atoms with E-state index in [9.17, 15) is 0 Å². The van der Waals surface area contributed by atoms with Crippen LogP contribution in [0.2, 0.25) is 0 Å². The van der Waals surface area contributed by atoms with Gasteiger partial charge in [-0.15, -0.1) is 0 Å². The lowest BCUT2D eigenvalue weighted by molar-refractivity contribution is 0.494. The molecule has 0 aliphatic carbocycles. The van der Waals surface area contributed by atoms with Gasteiger partial charge in [-0.3, -0.25) is 0 Å². The molecule has 0 unspecified atom stereocenters. The topological polar surface area (TPSA) is 102 Å². The molecule has 0 saturated heterocycles. The average molecular weight is 395 g/mol. The van der Waals surface area contributed by atoms with E-state index in [1.54, 1.807) is 0 Å². The van der Waals surface area contributed by atoms with Gasteiger partial charge in [0, 0.05) is 1.43 Å². The predicted octanol–water partition coefficient (Wildman–Crippen LogP) is 8.30. The van der Waals surface area contributed by atoms with Crippen molar-refractivity contribution in [3.63, 3.8) is 0 Å². The second-order valence-corrected chi connectivity index (χ2v) is 6.57. The Kier molecular flexibility index (Phi) is 26.1. The summed E-state index contributed by atoms with van der Waals surface area (Å²) in [5.74, 6) is 0. The molecular formula is C25H50N2O. The first-order valence-electron chi connectivity index (χ1n) is 9.52. The van der Waals surface area contributed by atoms with E-state index in [0.29, 0.717) is 0 Å². The van der Waals surface area contributed by atoms with E-state index in [4.69, 9.17) is 0 Å². The maximum absolute atomic E-state index is 4.24. The summed E-state index contributed by atoms with van der Waals surface area (Å²) in [6, 6.07) is 8.53. The normalized spacial score (nSPS) is 10.3. The zero-order chi connectivity index (χ0) is 20.0. The Morgan fingerprint density at radius 3 is 1.93 bits per heavy atom. The van der Waals surface area contributed by atoms with Crippen LogP contribution in [0.15, 0.2) is 66.8 Å². The van der Waals surface area contributed by atoms with Crippen molar-refractivity contribution in [2.24, 2.45) is 5.41 Å². The van der Waals surface area contributed by atoms with Crippen LogP contribution in [0.25, 0.3) is 5.57 Å². The smallest absolute Gasteiger partial charge is 0 e. The molecule has 0 aliphatic heterocycles. The highest BCUT2D eigenvalue weighted by Gasteiger charge is 2.15. The fourth-order valence-corrected chi connectivity index (χ4v) is 2.03. The Morgan fingerprint density at radius 2 is 1.57 bits per heavy atom. The third-order valence-electron chi connectivity index (χ3n) is 3.76. The van der Waals surface area contributed by atoms with Crippen LogP contribution < -0.4 is 12.3 Å². The maximum Gasteiger partial charge on any atom is 0 e. The monoisotopic (exact) mass is 394 g/mol. The van der Waals surface area contributed by atoms with Crippen LogP contribution in [0.5, 0.6) is 0 Å². The molecule has 1 aromatic carbocycles. The van der Waals surface area contributed by atoms with Gasteiger partial charge < -0.3 is 17.8 Å². The molecule has 0 aliphatic rings.